The van der Waals surface area contributed by atoms with Gasteiger partial charge >= 0.3 is 5.97 Å². The zero-order valence-electron chi connectivity index (χ0n) is 19.4. The quantitative estimate of drug-likeness (QED) is 0.447. The number of nitrogens with zero attached hydrogens (tertiary/aromatic N) is 1. The first-order valence-corrected chi connectivity index (χ1v) is 13.4. The highest BCUT2D eigenvalue weighted by Gasteiger charge is 2.40. The summed E-state index contributed by atoms with van der Waals surface area (Å²) in [5.41, 5.74) is 1.21. The maximum atomic E-state index is 13.3. The summed E-state index contributed by atoms with van der Waals surface area (Å²) in [5.74, 6) is -0.482. The third-order valence-electron chi connectivity index (χ3n) is 5.68. The van der Waals surface area contributed by atoms with Gasteiger partial charge in [0.05, 0.1) is 24.3 Å². The summed E-state index contributed by atoms with van der Waals surface area (Å²) in [6.07, 6.45) is 0.933. The molecule has 1 aromatic heterocycles. The second-order valence-electron chi connectivity index (χ2n) is 7.88. The number of carbonyl (C=O) groups is 2. The second-order valence-corrected chi connectivity index (χ2v) is 10.8. The highest BCUT2D eigenvalue weighted by atomic mass is 32.2. The molecule has 1 aliphatic rings. The van der Waals surface area contributed by atoms with E-state index in [9.17, 15) is 18.0 Å². The van der Waals surface area contributed by atoms with E-state index >= 15 is 0 Å². The number of rotatable bonds is 8. The van der Waals surface area contributed by atoms with Gasteiger partial charge in [-0.05, 0) is 55.7 Å². The number of hydrogen-bond acceptors (Lipinski definition) is 7. The molecule has 2 heterocycles. The molecule has 35 heavy (non-hydrogen) atoms. The topological polar surface area (TPSA) is 102 Å². The summed E-state index contributed by atoms with van der Waals surface area (Å²) in [6.45, 7) is 2.14. The molecule has 1 aliphatic heterocycles. The van der Waals surface area contributed by atoms with Crippen molar-refractivity contribution in [2.45, 2.75) is 30.7 Å². The minimum Gasteiger partial charge on any atom is -0.497 e. The minimum absolute atomic E-state index is 0.0899. The molecule has 1 saturated heterocycles. The Morgan fingerprint density at radius 2 is 1.83 bits per heavy atom. The van der Waals surface area contributed by atoms with Gasteiger partial charge in [0.25, 0.3) is 0 Å². The van der Waals surface area contributed by atoms with E-state index < -0.39 is 27.9 Å². The average Bonchev–Trinajstić information content (AvgIpc) is 3.53. The van der Waals surface area contributed by atoms with E-state index in [4.69, 9.17) is 9.47 Å². The zero-order valence-corrected chi connectivity index (χ0v) is 21.0. The highest BCUT2D eigenvalue weighted by molar-refractivity contribution is 7.89. The molecule has 8 nitrogen and oxygen atoms in total. The molecule has 10 heteroatoms. The number of sulfonamides is 1. The lowest BCUT2D eigenvalue weighted by Gasteiger charge is -2.23. The van der Waals surface area contributed by atoms with Crippen molar-refractivity contribution in [3.05, 3.63) is 65.5 Å². The average molecular weight is 515 g/mol. The van der Waals surface area contributed by atoms with Gasteiger partial charge in [-0.2, -0.15) is 4.31 Å². The van der Waals surface area contributed by atoms with E-state index in [1.807, 2.05) is 30.3 Å². The standard InChI is InChI=1S/C25H26N2O6S2/c1-3-33-25(29)23-20(16-22(34-23)17-8-5-4-6-9-17)26-24(28)21-10-7-15-27(21)35(30,31)19-13-11-18(32-2)12-14-19/h4-6,8-9,11-14,16,21H,3,7,10,15H2,1-2H3,(H,26,28)/t21-/m0/s1. The van der Waals surface area contributed by atoms with E-state index in [0.29, 0.717) is 24.3 Å². The second kappa shape index (κ2) is 10.6. The Bertz CT molecular complexity index is 1300. The number of hydrogen-bond donors (Lipinski definition) is 1. The number of methoxy groups -OCH3 is 1. The number of thiophene rings is 1. The van der Waals surface area contributed by atoms with Gasteiger partial charge in [0, 0.05) is 11.4 Å². The smallest absolute Gasteiger partial charge is 0.350 e. The van der Waals surface area contributed by atoms with Gasteiger partial charge in [0.15, 0.2) is 0 Å². The molecular weight excluding hydrogens is 488 g/mol. The number of esters is 1. The Kier molecular flexibility index (Phi) is 7.54. The summed E-state index contributed by atoms with van der Waals surface area (Å²) in [7, 11) is -2.39. The van der Waals surface area contributed by atoms with E-state index in [2.05, 4.69) is 5.32 Å². The SMILES string of the molecule is CCOC(=O)c1sc(-c2ccccc2)cc1NC(=O)[C@@H]1CCCN1S(=O)(=O)c1ccc(OC)cc1. The Hall–Kier alpha value is -3.21. The van der Waals surface area contributed by atoms with Gasteiger partial charge in [-0.1, -0.05) is 30.3 Å². The van der Waals surface area contributed by atoms with Crippen LogP contribution >= 0.6 is 11.3 Å². The van der Waals surface area contributed by atoms with Crippen molar-refractivity contribution in [1.82, 2.24) is 4.31 Å². The fourth-order valence-corrected chi connectivity index (χ4v) is 6.64. The summed E-state index contributed by atoms with van der Waals surface area (Å²) in [4.78, 5) is 27.0. The van der Waals surface area contributed by atoms with Crippen LogP contribution in [0.5, 0.6) is 5.75 Å². The van der Waals surface area contributed by atoms with E-state index in [0.717, 1.165) is 10.4 Å². The largest absolute Gasteiger partial charge is 0.497 e. The molecule has 0 bridgehead atoms. The summed E-state index contributed by atoms with van der Waals surface area (Å²) in [6, 6.07) is 16.4. The molecule has 0 spiro atoms. The van der Waals surface area contributed by atoms with Crippen molar-refractivity contribution in [3.63, 3.8) is 0 Å². The maximum absolute atomic E-state index is 13.3. The number of benzene rings is 2. The molecule has 0 saturated carbocycles. The lowest BCUT2D eigenvalue weighted by atomic mass is 10.2. The third-order valence-corrected chi connectivity index (χ3v) is 8.77. The molecule has 184 valence electrons. The predicted molar refractivity (Wildman–Crippen MR) is 134 cm³/mol. The Morgan fingerprint density at radius 1 is 1.11 bits per heavy atom. The van der Waals surface area contributed by atoms with E-state index in [-0.39, 0.29) is 22.9 Å². The number of anilines is 1. The van der Waals surface area contributed by atoms with Crippen molar-refractivity contribution in [1.29, 1.82) is 0 Å². The van der Waals surface area contributed by atoms with Crippen LogP contribution < -0.4 is 10.1 Å². The van der Waals surface area contributed by atoms with Crippen LogP contribution in [-0.2, 0) is 19.6 Å². The summed E-state index contributed by atoms with van der Waals surface area (Å²) < 4.78 is 38.1. The summed E-state index contributed by atoms with van der Waals surface area (Å²) in [5, 5.41) is 2.80. The first-order chi connectivity index (χ1) is 16.8. The van der Waals surface area contributed by atoms with Crippen molar-refractivity contribution in [3.8, 4) is 16.2 Å². The van der Waals surface area contributed by atoms with Gasteiger partial charge in [-0.3, -0.25) is 4.79 Å². The monoisotopic (exact) mass is 514 g/mol. The summed E-state index contributed by atoms with van der Waals surface area (Å²) >= 11 is 1.22. The van der Waals surface area contributed by atoms with Crippen LogP contribution in [0.2, 0.25) is 0 Å². The van der Waals surface area contributed by atoms with Crippen molar-refractivity contribution >= 4 is 38.9 Å². The molecule has 1 atom stereocenters. The Balaban J connectivity index is 1.60. The Labute approximate surface area is 208 Å². The molecule has 0 unspecified atom stereocenters. The first kappa shape index (κ1) is 24.9. The molecular formula is C25H26N2O6S2. The third kappa shape index (κ3) is 5.24. The number of carbonyl (C=O) groups excluding carboxylic acids is 2. The first-order valence-electron chi connectivity index (χ1n) is 11.2. The van der Waals surface area contributed by atoms with Gasteiger partial charge < -0.3 is 14.8 Å². The van der Waals surface area contributed by atoms with Gasteiger partial charge in [0.1, 0.15) is 16.7 Å². The van der Waals surface area contributed by atoms with Crippen LogP contribution in [0.1, 0.15) is 29.4 Å². The lowest BCUT2D eigenvalue weighted by molar-refractivity contribution is -0.119. The van der Waals surface area contributed by atoms with E-state index in [1.54, 1.807) is 25.1 Å². The van der Waals surface area contributed by atoms with Gasteiger partial charge in [0.2, 0.25) is 15.9 Å². The molecule has 0 radical (unpaired) electrons. The molecule has 4 rings (SSSR count). The molecule has 2 aromatic carbocycles. The van der Waals surface area contributed by atoms with Crippen LogP contribution in [0.3, 0.4) is 0 Å². The van der Waals surface area contributed by atoms with Crippen LogP contribution in [0.25, 0.3) is 10.4 Å². The maximum Gasteiger partial charge on any atom is 0.350 e. The molecule has 1 amide bonds. The van der Waals surface area contributed by atoms with Crippen LogP contribution in [-0.4, -0.2) is 50.9 Å². The number of amides is 1. The fraction of sp³-hybridized carbons (Fsp3) is 0.280. The van der Waals surface area contributed by atoms with Crippen molar-refractivity contribution < 1.29 is 27.5 Å². The van der Waals surface area contributed by atoms with Gasteiger partial charge in [-0.15, -0.1) is 11.3 Å². The molecule has 1 N–H and O–H groups in total. The Morgan fingerprint density at radius 3 is 2.49 bits per heavy atom. The highest BCUT2D eigenvalue weighted by Crippen LogP contribution is 2.36. The molecule has 0 aliphatic carbocycles. The lowest BCUT2D eigenvalue weighted by Crippen LogP contribution is -2.43. The van der Waals surface area contributed by atoms with Crippen LogP contribution in [0.15, 0.2) is 65.6 Å². The van der Waals surface area contributed by atoms with Crippen LogP contribution in [0.4, 0.5) is 5.69 Å². The molecule has 1 fully saturated rings. The van der Waals surface area contributed by atoms with E-state index in [1.165, 1.54) is 34.9 Å². The van der Waals surface area contributed by atoms with Crippen LogP contribution in [0, 0.1) is 0 Å². The zero-order chi connectivity index (χ0) is 25.0. The number of ether oxygens (including phenoxy) is 2. The van der Waals surface area contributed by atoms with Crippen molar-refractivity contribution in [2.24, 2.45) is 0 Å². The molecule has 3 aromatic rings. The normalized spacial score (nSPS) is 16.1. The predicted octanol–water partition coefficient (Wildman–Crippen LogP) is 4.39. The van der Waals surface area contributed by atoms with Crippen molar-refractivity contribution in [2.75, 3.05) is 25.6 Å². The minimum atomic E-state index is -3.90. The number of nitrogens with one attached hydrogen (secondary N) is 1. The van der Waals surface area contributed by atoms with Gasteiger partial charge in [-0.25, -0.2) is 13.2 Å². The fourth-order valence-electron chi connectivity index (χ4n) is 3.97.